The minimum Gasteiger partial charge on any atom is -0.479 e. The summed E-state index contributed by atoms with van der Waals surface area (Å²) in [5, 5.41) is 20.7. The summed E-state index contributed by atoms with van der Waals surface area (Å²) < 4.78 is 1.51. The zero-order chi connectivity index (χ0) is 13.7. The zero-order valence-corrected chi connectivity index (χ0v) is 10.7. The van der Waals surface area contributed by atoms with E-state index in [0.717, 1.165) is 0 Å². The molecule has 8 heteroatoms. The molecule has 1 atom stereocenters. The van der Waals surface area contributed by atoms with Crippen molar-refractivity contribution in [3.8, 4) is 0 Å². The Labute approximate surface area is 112 Å². The molecule has 7 nitrogen and oxygen atoms in total. The highest BCUT2D eigenvalue weighted by molar-refractivity contribution is 7.10. The van der Waals surface area contributed by atoms with E-state index in [1.165, 1.54) is 22.2 Å². The smallest absolute Gasteiger partial charge is 0.331 e. The Bertz CT molecular complexity index is 538. The molecule has 0 aliphatic heterocycles. The van der Waals surface area contributed by atoms with Crippen molar-refractivity contribution >= 4 is 23.2 Å². The van der Waals surface area contributed by atoms with Crippen molar-refractivity contribution in [1.82, 2.24) is 20.3 Å². The molecule has 19 heavy (non-hydrogen) atoms. The average Bonchev–Trinajstić information content (AvgIpc) is 3.05. The molecule has 1 unspecified atom stereocenters. The highest BCUT2D eigenvalue weighted by atomic mass is 32.1. The van der Waals surface area contributed by atoms with Crippen molar-refractivity contribution < 1.29 is 14.7 Å². The molecular formula is C11H12N4O3S. The van der Waals surface area contributed by atoms with Gasteiger partial charge in [0, 0.05) is 17.5 Å². The SMILES string of the molecule is O=C(CCn1ccnn1)NC(C(=O)O)c1cccs1. The van der Waals surface area contributed by atoms with Gasteiger partial charge >= 0.3 is 5.97 Å². The molecule has 2 aromatic heterocycles. The van der Waals surface area contributed by atoms with Crippen LogP contribution >= 0.6 is 11.3 Å². The van der Waals surface area contributed by atoms with Crippen molar-refractivity contribution in [2.75, 3.05) is 0 Å². The summed E-state index contributed by atoms with van der Waals surface area (Å²) >= 11 is 1.29. The maximum atomic E-state index is 11.7. The lowest BCUT2D eigenvalue weighted by Crippen LogP contribution is -2.33. The van der Waals surface area contributed by atoms with Gasteiger partial charge in [-0.05, 0) is 11.4 Å². The number of aliphatic carboxylic acids is 1. The van der Waals surface area contributed by atoms with Crippen LogP contribution in [-0.4, -0.2) is 32.0 Å². The first-order valence-electron chi connectivity index (χ1n) is 5.56. The third-order valence-electron chi connectivity index (χ3n) is 2.42. The summed E-state index contributed by atoms with van der Waals surface area (Å²) in [5.74, 6) is -1.41. The van der Waals surface area contributed by atoms with Gasteiger partial charge in [-0.25, -0.2) is 4.79 Å². The highest BCUT2D eigenvalue weighted by Gasteiger charge is 2.22. The molecule has 0 saturated carbocycles. The number of aryl methyl sites for hydroxylation is 1. The van der Waals surface area contributed by atoms with E-state index < -0.39 is 12.0 Å². The molecule has 2 N–H and O–H groups in total. The maximum absolute atomic E-state index is 11.7. The lowest BCUT2D eigenvalue weighted by molar-refractivity contribution is -0.142. The first kappa shape index (κ1) is 13.2. The number of nitrogens with zero attached hydrogens (tertiary/aromatic N) is 3. The molecule has 0 spiro atoms. The van der Waals surface area contributed by atoms with Gasteiger partial charge in [0.05, 0.1) is 12.7 Å². The fourth-order valence-electron chi connectivity index (χ4n) is 1.51. The second-order valence-corrected chi connectivity index (χ2v) is 4.75. The first-order chi connectivity index (χ1) is 9.16. The van der Waals surface area contributed by atoms with Crippen molar-refractivity contribution in [1.29, 1.82) is 0 Å². The van der Waals surface area contributed by atoms with Crippen LogP contribution in [0.1, 0.15) is 17.3 Å². The van der Waals surface area contributed by atoms with E-state index in [2.05, 4.69) is 15.6 Å². The van der Waals surface area contributed by atoms with E-state index in [1.54, 1.807) is 23.7 Å². The van der Waals surface area contributed by atoms with E-state index in [4.69, 9.17) is 5.11 Å². The molecule has 1 amide bonds. The summed E-state index contributed by atoms with van der Waals surface area (Å²) in [5.41, 5.74) is 0. The number of carboxylic acids is 1. The summed E-state index contributed by atoms with van der Waals surface area (Å²) in [4.78, 5) is 23.4. The number of carbonyl (C=O) groups is 2. The van der Waals surface area contributed by atoms with Crippen molar-refractivity contribution in [2.24, 2.45) is 0 Å². The fraction of sp³-hybridized carbons (Fsp3) is 0.273. The van der Waals surface area contributed by atoms with Gasteiger partial charge in [-0.2, -0.15) is 0 Å². The molecule has 2 aromatic rings. The Hall–Kier alpha value is -2.22. The van der Waals surface area contributed by atoms with Crippen LogP contribution in [0.25, 0.3) is 0 Å². The normalized spacial score (nSPS) is 12.0. The number of nitrogens with one attached hydrogen (secondary N) is 1. The van der Waals surface area contributed by atoms with Crippen molar-refractivity contribution in [3.05, 3.63) is 34.8 Å². The van der Waals surface area contributed by atoms with Gasteiger partial charge in [0.25, 0.3) is 0 Å². The molecule has 0 radical (unpaired) electrons. The number of hydrogen-bond donors (Lipinski definition) is 2. The number of rotatable bonds is 6. The molecule has 100 valence electrons. The van der Waals surface area contributed by atoms with E-state index in [9.17, 15) is 9.59 Å². The molecule has 0 aromatic carbocycles. The molecule has 0 aliphatic carbocycles. The van der Waals surface area contributed by atoms with Crippen LogP contribution in [0.2, 0.25) is 0 Å². The number of thiophene rings is 1. The third-order valence-corrected chi connectivity index (χ3v) is 3.36. The Morgan fingerprint density at radius 2 is 2.37 bits per heavy atom. The topological polar surface area (TPSA) is 97.1 Å². The number of hydrogen-bond acceptors (Lipinski definition) is 5. The molecule has 0 bridgehead atoms. The lowest BCUT2D eigenvalue weighted by Gasteiger charge is -2.12. The molecule has 0 fully saturated rings. The lowest BCUT2D eigenvalue weighted by atomic mass is 10.2. The first-order valence-corrected chi connectivity index (χ1v) is 6.44. The van der Waals surface area contributed by atoms with Crippen LogP contribution in [0.3, 0.4) is 0 Å². The zero-order valence-electron chi connectivity index (χ0n) is 9.89. The maximum Gasteiger partial charge on any atom is 0.331 e. The standard InChI is InChI=1S/C11H12N4O3S/c16-9(3-5-15-6-4-12-14-15)13-10(11(17)18)8-2-1-7-19-8/h1-2,4,6-7,10H,3,5H2,(H,13,16)(H,17,18). The molecule has 2 rings (SSSR count). The van der Waals surface area contributed by atoms with Gasteiger partial charge in [-0.15, -0.1) is 16.4 Å². The highest BCUT2D eigenvalue weighted by Crippen LogP contribution is 2.19. The minimum atomic E-state index is -1.07. The Morgan fingerprint density at radius 1 is 1.53 bits per heavy atom. The minimum absolute atomic E-state index is 0.151. The monoisotopic (exact) mass is 280 g/mol. The van der Waals surface area contributed by atoms with Crippen LogP contribution in [0.5, 0.6) is 0 Å². The van der Waals surface area contributed by atoms with E-state index in [1.807, 2.05) is 0 Å². The summed E-state index contributed by atoms with van der Waals surface area (Å²) in [7, 11) is 0. The van der Waals surface area contributed by atoms with Crippen LogP contribution in [0.15, 0.2) is 29.9 Å². The molecule has 0 aliphatic rings. The van der Waals surface area contributed by atoms with E-state index >= 15 is 0 Å². The number of carboxylic acid groups (broad SMARTS) is 1. The fourth-order valence-corrected chi connectivity index (χ4v) is 2.28. The van der Waals surface area contributed by atoms with Gasteiger partial charge in [0.15, 0.2) is 6.04 Å². The van der Waals surface area contributed by atoms with Crippen LogP contribution in [0, 0.1) is 0 Å². The van der Waals surface area contributed by atoms with Gasteiger partial charge < -0.3 is 10.4 Å². The predicted octanol–water partition coefficient (Wildman–Crippen LogP) is 0.672. The summed E-state index contributed by atoms with van der Waals surface area (Å²) in [6.45, 7) is 0.364. The van der Waals surface area contributed by atoms with Gasteiger partial charge in [-0.1, -0.05) is 11.3 Å². The summed E-state index contributed by atoms with van der Waals surface area (Å²) in [6, 6.07) is 2.43. The van der Waals surface area contributed by atoms with Crippen molar-refractivity contribution in [2.45, 2.75) is 19.0 Å². The molecule has 2 heterocycles. The summed E-state index contributed by atoms with van der Waals surface area (Å²) in [6.07, 6.45) is 3.31. The van der Waals surface area contributed by atoms with Crippen LogP contribution in [-0.2, 0) is 16.1 Å². The number of carbonyl (C=O) groups excluding carboxylic acids is 1. The quantitative estimate of drug-likeness (QED) is 0.810. The third kappa shape index (κ3) is 3.62. The van der Waals surface area contributed by atoms with Gasteiger partial charge in [0.1, 0.15) is 0 Å². The van der Waals surface area contributed by atoms with Gasteiger partial charge in [0.2, 0.25) is 5.91 Å². The van der Waals surface area contributed by atoms with E-state index in [0.29, 0.717) is 11.4 Å². The van der Waals surface area contributed by atoms with Crippen LogP contribution < -0.4 is 5.32 Å². The molecular weight excluding hydrogens is 268 g/mol. The second-order valence-electron chi connectivity index (χ2n) is 3.77. The number of aromatic nitrogens is 3. The average molecular weight is 280 g/mol. The Morgan fingerprint density at radius 3 is 2.95 bits per heavy atom. The largest absolute Gasteiger partial charge is 0.479 e. The molecule has 0 saturated heterocycles. The predicted molar refractivity (Wildman–Crippen MR) is 67.5 cm³/mol. The second kappa shape index (κ2) is 6.10. The number of amides is 1. The van der Waals surface area contributed by atoms with Crippen molar-refractivity contribution in [3.63, 3.8) is 0 Å². The Kier molecular flexibility index (Phi) is 4.24. The Balaban J connectivity index is 1.90. The van der Waals surface area contributed by atoms with Gasteiger partial charge in [-0.3, -0.25) is 9.48 Å². The van der Waals surface area contributed by atoms with E-state index in [-0.39, 0.29) is 12.3 Å². The van der Waals surface area contributed by atoms with Crippen LogP contribution in [0.4, 0.5) is 0 Å².